The van der Waals surface area contributed by atoms with E-state index in [4.69, 9.17) is 4.74 Å². The molecule has 0 bridgehead atoms. The fourth-order valence-electron chi connectivity index (χ4n) is 1.93. The van der Waals surface area contributed by atoms with Crippen LogP contribution < -0.4 is 0 Å². The molecule has 1 heterocycles. The molecule has 0 fully saturated rings. The molecule has 2 rings (SSSR count). The van der Waals surface area contributed by atoms with Gasteiger partial charge in [0.15, 0.2) is 0 Å². The second-order valence-electron chi connectivity index (χ2n) is 6.53. The molecule has 0 radical (unpaired) electrons. The number of halogens is 1. The van der Waals surface area contributed by atoms with Gasteiger partial charge in [-0.25, -0.2) is 4.68 Å². The van der Waals surface area contributed by atoms with Crippen LogP contribution in [0.4, 0.5) is 0 Å². The standard InChI is InChI=1S/C16H23BrN2OSi/c1-13-11-16(14-5-7-15(17)8-6-14)18-19(13)12-20-9-10-21(2,3)4/h5-8,11H,9-10,12H2,1-4H3. The minimum Gasteiger partial charge on any atom is -0.360 e. The van der Waals surface area contributed by atoms with Crippen LogP contribution in [0.2, 0.25) is 25.7 Å². The zero-order valence-corrected chi connectivity index (χ0v) is 15.8. The fraction of sp³-hybridized carbons (Fsp3) is 0.438. The van der Waals surface area contributed by atoms with Gasteiger partial charge in [-0.05, 0) is 31.2 Å². The van der Waals surface area contributed by atoms with Crippen molar-refractivity contribution in [2.75, 3.05) is 6.61 Å². The van der Waals surface area contributed by atoms with E-state index < -0.39 is 8.07 Å². The smallest absolute Gasteiger partial charge is 0.139 e. The summed E-state index contributed by atoms with van der Waals surface area (Å²) < 4.78 is 8.79. The highest BCUT2D eigenvalue weighted by Crippen LogP contribution is 2.21. The number of hydrogen-bond donors (Lipinski definition) is 0. The van der Waals surface area contributed by atoms with Crippen LogP contribution in [-0.2, 0) is 11.5 Å². The molecule has 1 aromatic heterocycles. The summed E-state index contributed by atoms with van der Waals surface area (Å²) in [6.07, 6.45) is 0. The Balaban J connectivity index is 1.98. The average molecular weight is 367 g/mol. The monoisotopic (exact) mass is 366 g/mol. The van der Waals surface area contributed by atoms with Gasteiger partial charge in [-0.1, -0.05) is 47.7 Å². The molecule has 0 atom stereocenters. The number of aromatic nitrogens is 2. The van der Waals surface area contributed by atoms with E-state index in [0.717, 1.165) is 28.0 Å². The van der Waals surface area contributed by atoms with Gasteiger partial charge < -0.3 is 4.74 Å². The van der Waals surface area contributed by atoms with Crippen molar-refractivity contribution in [3.8, 4) is 11.3 Å². The topological polar surface area (TPSA) is 27.1 Å². The molecule has 114 valence electrons. The first-order chi connectivity index (χ1) is 9.85. The van der Waals surface area contributed by atoms with E-state index in [9.17, 15) is 0 Å². The summed E-state index contributed by atoms with van der Waals surface area (Å²) in [6, 6.07) is 11.5. The molecule has 0 saturated carbocycles. The Hall–Kier alpha value is -0.913. The predicted octanol–water partition coefficient (Wildman–Crippen LogP) is 4.93. The van der Waals surface area contributed by atoms with Gasteiger partial charge >= 0.3 is 0 Å². The Labute approximate surface area is 136 Å². The highest BCUT2D eigenvalue weighted by Gasteiger charge is 2.12. The van der Waals surface area contributed by atoms with Crippen LogP contribution in [0, 0.1) is 6.92 Å². The first-order valence-electron chi connectivity index (χ1n) is 7.23. The van der Waals surface area contributed by atoms with Crippen LogP contribution in [0.1, 0.15) is 5.69 Å². The number of rotatable bonds is 6. The van der Waals surface area contributed by atoms with Crippen LogP contribution >= 0.6 is 15.9 Å². The van der Waals surface area contributed by atoms with Gasteiger partial charge in [0.25, 0.3) is 0 Å². The zero-order valence-electron chi connectivity index (χ0n) is 13.2. The van der Waals surface area contributed by atoms with Crippen molar-refractivity contribution in [2.45, 2.75) is 39.3 Å². The Bertz CT molecular complexity index is 587. The fourth-order valence-corrected chi connectivity index (χ4v) is 2.95. The normalized spacial score (nSPS) is 11.9. The quantitative estimate of drug-likeness (QED) is 0.535. The molecule has 0 aliphatic carbocycles. The lowest BCUT2D eigenvalue weighted by Gasteiger charge is -2.15. The maximum Gasteiger partial charge on any atom is 0.139 e. The van der Waals surface area contributed by atoms with E-state index in [1.807, 2.05) is 16.8 Å². The second-order valence-corrected chi connectivity index (χ2v) is 13.1. The van der Waals surface area contributed by atoms with Crippen LogP contribution in [0.15, 0.2) is 34.8 Å². The number of ether oxygens (including phenoxy) is 1. The minimum absolute atomic E-state index is 0.535. The Morgan fingerprint density at radius 3 is 2.48 bits per heavy atom. The number of aryl methyl sites for hydroxylation is 1. The first-order valence-corrected chi connectivity index (χ1v) is 11.7. The summed E-state index contributed by atoms with van der Waals surface area (Å²) in [7, 11) is -1.02. The van der Waals surface area contributed by atoms with E-state index >= 15 is 0 Å². The highest BCUT2D eigenvalue weighted by atomic mass is 79.9. The molecule has 0 saturated heterocycles. The zero-order chi connectivity index (χ0) is 15.5. The Morgan fingerprint density at radius 1 is 1.19 bits per heavy atom. The Morgan fingerprint density at radius 2 is 1.86 bits per heavy atom. The van der Waals surface area contributed by atoms with Crippen molar-refractivity contribution in [3.63, 3.8) is 0 Å². The van der Waals surface area contributed by atoms with Gasteiger partial charge in [0.1, 0.15) is 6.73 Å². The van der Waals surface area contributed by atoms with E-state index in [1.165, 1.54) is 6.04 Å². The van der Waals surface area contributed by atoms with Crippen molar-refractivity contribution in [1.82, 2.24) is 9.78 Å². The molecule has 0 amide bonds. The summed E-state index contributed by atoms with van der Waals surface area (Å²) in [6.45, 7) is 10.5. The van der Waals surface area contributed by atoms with Crippen molar-refractivity contribution in [2.24, 2.45) is 0 Å². The maximum atomic E-state index is 5.77. The van der Waals surface area contributed by atoms with Gasteiger partial charge in [0, 0.05) is 30.4 Å². The molecular weight excluding hydrogens is 344 g/mol. The third kappa shape index (κ3) is 5.09. The lowest BCUT2D eigenvalue weighted by atomic mass is 10.1. The van der Waals surface area contributed by atoms with E-state index in [2.05, 4.69) is 65.8 Å². The summed E-state index contributed by atoms with van der Waals surface area (Å²) in [4.78, 5) is 0. The van der Waals surface area contributed by atoms with Gasteiger partial charge in [0.05, 0.1) is 5.69 Å². The molecule has 2 aromatic rings. The number of benzene rings is 1. The maximum absolute atomic E-state index is 5.77. The van der Waals surface area contributed by atoms with E-state index in [1.54, 1.807) is 0 Å². The highest BCUT2D eigenvalue weighted by molar-refractivity contribution is 9.10. The van der Waals surface area contributed by atoms with Crippen molar-refractivity contribution < 1.29 is 4.74 Å². The summed E-state index contributed by atoms with van der Waals surface area (Å²) in [5.74, 6) is 0. The SMILES string of the molecule is Cc1cc(-c2ccc(Br)cc2)nn1COCC[Si](C)(C)C. The third-order valence-corrected chi connectivity index (χ3v) is 5.56. The molecule has 1 aromatic carbocycles. The van der Waals surface area contributed by atoms with Crippen LogP contribution in [0.25, 0.3) is 11.3 Å². The van der Waals surface area contributed by atoms with Gasteiger partial charge in [0.2, 0.25) is 0 Å². The predicted molar refractivity (Wildman–Crippen MR) is 94.2 cm³/mol. The summed E-state index contributed by atoms with van der Waals surface area (Å²) >= 11 is 3.45. The number of nitrogens with zero attached hydrogens (tertiary/aromatic N) is 2. The Kier molecular flexibility index (Phi) is 5.41. The minimum atomic E-state index is -1.02. The van der Waals surface area contributed by atoms with Crippen LogP contribution in [0.5, 0.6) is 0 Å². The second kappa shape index (κ2) is 6.90. The van der Waals surface area contributed by atoms with Gasteiger partial charge in [-0.15, -0.1) is 0 Å². The van der Waals surface area contributed by atoms with Crippen molar-refractivity contribution in [1.29, 1.82) is 0 Å². The van der Waals surface area contributed by atoms with E-state index in [-0.39, 0.29) is 0 Å². The van der Waals surface area contributed by atoms with Gasteiger partial charge in [-0.2, -0.15) is 5.10 Å². The first kappa shape index (κ1) is 16.5. The molecule has 0 unspecified atom stereocenters. The third-order valence-electron chi connectivity index (χ3n) is 3.33. The van der Waals surface area contributed by atoms with Crippen molar-refractivity contribution in [3.05, 3.63) is 40.5 Å². The summed E-state index contributed by atoms with van der Waals surface area (Å²) in [5, 5.41) is 4.63. The van der Waals surface area contributed by atoms with Crippen LogP contribution in [-0.4, -0.2) is 24.5 Å². The number of hydrogen-bond acceptors (Lipinski definition) is 2. The molecular formula is C16H23BrN2OSi. The van der Waals surface area contributed by atoms with Crippen LogP contribution in [0.3, 0.4) is 0 Å². The largest absolute Gasteiger partial charge is 0.360 e. The molecule has 21 heavy (non-hydrogen) atoms. The molecule has 0 aliphatic heterocycles. The van der Waals surface area contributed by atoms with E-state index in [0.29, 0.717) is 6.73 Å². The molecule has 0 aliphatic rings. The lowest BCUT2D eigenvalue weighted by molar-refractivity contribution is 0.0773. The van der Waals surface area contributed by atoms with Crippen molar-refractivity contribution >= 4 is 24.0 Å². The summed E-state index contributed by atoms with van der Waals surface area (Å²) in [5.41, 5.74) is 3.25. The molecule has 3 nitrogen and oxygen atoms in total. The average Bonchev–Trinajstić information content (AvgIpc) is 2.76. The molecule has 0 N–H and O–H groups in total. The molecule has 0 spiro atoms. The molecule has 5 heteroatoms. The lowest BCUT2D eigenvalue weighted by Crippen LogP contribution is -2.22. The van der Waals surface area contributed by atoms with Gasteiger partial charge in [-0.3, -0.25) is 0 Å².